The molecule has 4 heteroatoms. The van der Waals surface area contributed by atoms with Crippen molar-refractivity contribution >= 4 is 10.9 Å². The zero-order valence-corrected chi connectivity index (χ0v) is 10.6. The van der Waals surface area contributed by atoms with Crippen LogP contribution in [-0.4, -0.2) is 4.98 Å². The van der Waals surface area contributed by atoms with E-state index in [0.717, 1.165) is 29.1 Å². The number of aromatic nitrogens is 1. The first-order valence-corrected chi connectivity index (χ1v) is 6.21. The Hall–Kier alpha value is -2.33. The van der Waals surface area contributed by atoms with Crippen LogP contribution < -0.4 is 5.73 Å². The number of benzene rings is 2. The maximum absolute atomic E-state index is 13.7. The van der Waals surface area contributed by atoms with Crippen molar-refractivity contribution in [1.82, 2.24) is 4.98 Å². The Kier molecular flexibility index (Phi) is 3.16. The number of hydrogen-bond donors (Lipinski definition) is 1. The van der Waals surface area contributed by atoms with Crippen molar-refractivity contribution in [2.24, 2.45) is 5.73 Å². The van der Waals surface area contributed by atoms with Crippen molar-refractivity contribution < 1.29 is 8.78 Å². The second-order valence-corrected chi connectivity index (χ2v) is 4.57. The van der Waals surface area contributed by atoms with Crippen LogP contribution in [0.4, 0.5) is 8.78 Å². The molecule has 0 aliphatic carbocycles. The first-order chi connectivity index (χ1) is 9.65. The molecule has 1 unspecified atom stereocenters. The molecule has 0 saturated heterocycles. The molecule has 3 rings (SSSR count). The fraction of sp³-hybridized carbons (Fsp3) is 0.0625. The number of halogens is 2. The highest BCUT2D eigenvalue weighted by Crippen LogP contribution is 2.23. The molecule has 2 N–H and O–H groups in total. The highest BCUT2D eigenvalue weighted by molar-refractivity contribution is 5.78. The Morgan fingerprint density at radius 3 is 2.60 bits per heavy atom. The van der Waals surface area contributed by atoms with Crippen molar-refractivity contribution in [2.45, 2.75) is 6.04 Å². The normalized spacial score (nSPS) is 12.6. The lowest BCUT2D eigenvalue weighted by atomic mass is 10.0. The van der Waals surface area contributed by atoms with Crippen LogP contribution in [0.1, 0.15) is 17.3 Å². The molecule has 0 saturated carbocycles. The molecule has 100 valence electrons. The summed E-state index contributed by atoms with van der Waals surface area (Å²) in [5.74, 6) is -1.05. The van der Waals surface area contributed by atoms with Crippen molar-refractivity contribution in [3.8, 4) is 0 Å². The van der Waals surface area contributed by atoms with Gasteiger partial charge in [0, 0.05) is 10.9 Å². The van der Waals surface area contributed by atoms with Crippen LogP contribution in [0.15, 0.2) is 54.6 Å². The molecule has 20 heavy (non-hydrogen) atoms. The Morgan fingerprint density at radius 1 is 0.950 bits per heavy atom. The smallest absolute Gasteiger partial charge is 0.128 e. The van der Waals surface area contributed by atoms with Gasteiger partial charge in [0.25, 0.3) is 0 Å². The highest BCUT2D eigenvalue weighted by atomic mass is 19.1. The molecule has 0 radical (unpaired) electrons. The van der Waals surface area contributed by atoms with Gasteiger partial charge in [-0.25, -0.2) is 8.78 Å². The van der Waals surface area contributed by atoms with Gasteiger partial charge in [0.2, 0.25) is 0 Å². The van der Waals surface area contributed by atoms with Crippen LogP contribution in [0.25, 0.3) is 10.9 Å². The summed E-state index contributed by atoms with van der Waals surface area (Å²) in [7, 11) is 0. The molecule has 1 aromatic heterocycles. The summed E-state index contributed by atoms with van der Waals surface area (Å²) >= 11 is 0. The van der Waals surface area contributed by atoms with E-state index in [0.29, 0.717) is 5.69 Å². The minimum atomic E-state index is -0.796. The molecule has 0 aliphatic rings. The van der Waals surface area contributed by atoms with Crippen LogP contribution in [0.2, 0.25) is 0 Å². The monoisotopic (exact) mass is 270 g/mol. The Morgan fingerprint density at radius 2 is 1.75 bits per heavy atom. The molecular formula is C16H12F2N2. The quantitative estimate of drug-likeness (QED) is 0.773. The van der Waals surface area contributed by atoms with Crippen LogP contribution in [-0.2, 0) is 0 Å². The van der Waals surface area contributed by atoms with Crippen molar-refractivity contribution in [3.05, 3.63) is 77.5 Å². The van der Waals surface area contributed by atoms with E-state index in [9.17, 15) is 8.78 Å². The molecule has 0 fully saturated rings. The number of rotatable bonds is 2. The van der Waals surface area contributed by atoms with E-state index in [1.807, 2.05) is 30.3 Å². The van der Waals surface area contributed by atoms with E-state index in [2.05, 4.69) is 4.98 Å². The summed E-state index contributed by atoms with van der Waals surface area (Å²) in [4.78, 5) is 4.41. The largest absolute Gasteiger partial charge is 0.319 e. The fourth-order valence-corrected chi connectivity index (χ4v) is 2.17. The van der Waals surface area contributed by atoms with E-state index >= 15 is 0 Å². The van der Waals surface area contributed by atoms with Gasteiger partial charge in [0.15, 0.2) is 0 Å². The predicted octanol–water partition coefficient (Wildman–Crippen LogP) is 3.56. The Bertz CT molecular complexity index is 771. The minimum absolute atomic E-state index is 0.104. The number of nitrogens with two attached hydrogens (primary N) is 1. The van der Waals surface area contributed by atoms with Gasteiger partial charge >= 0.3 is 0 Å². The number of para-hydroxylation sites is 1. The fourth-order valence-electron chi connectivity index (χ4n) is 2.17. The van der Waals surface area contributed by atoms with Gasteiger partial charge in [-0.05, 0) is 30.3 Å². The lowest BCUT2D eigenvalue weighted by Gasteiger charge is -2.13. The summed E-state index contributed by atoms with van der Waals surface area (Å²) in [6, 6.07) is 13.6. The van der Waals surface area contributed by atoms with Gasteiger partial charge in [-0.1, -0.05) is 24.3 Å². The van der Waals surface area contributed by atoms with Crippen LogP contribution >= 0.6 is 0 Å². The molecule has 2 aromatic carbocycles. The van der Waals surface area contributed by atoms with Gasteiger partial charge in [-0.3, -0.25) is 4.98 Å². The van der Waals surface area contributed by atoms with Gasteiger partial charge in [0.05, 0.1) is 17.3 Å². The molecule has 2 nitrogen and oxygen atoms in total. The summed E-state index contributed by atoms with van der Waals surface area (Å²) in [6.07, 6.45) is 0. The topological polar surface area (TPSA) is 38.9 Å². The van der Waals surface area contributed by atoms with Gasteiger partial charge in [-0.15, -0.1) is 0 Å². The number of hydrogen-bond acceptors (Lipinski definition) is 2. The number of nitrogens with zero attached hydrogens (tertiary/aromatic N) is 1. The first-order valence-electron chi connectivity index (χ1n) is 6.21. The average molecular weight is 270 g/mol. The summed E-state index contributed by atoms with van der Waals surface area (Å²) in [5, 5.41) is 0.975. The van der Waals surface area contributed by atoms with Crippen molar-refractivity contribution in [3.63, 3.8) is 0 Å². The molecule has 0 amide bonds. The van der Waals surface area contributed by atoms with E-state index < -0.39 is 17.7 Å². The standard InChI is InChI=1S/C16H12F2N2/c17-11-6-7-13(18)12(9-11)16(19)15-8-5-10-3-1-2-4-14(10)20-15/h1-9,16H,19H2. The van der Waals surface area contributed by atoms with Gasteiger partial charge in [-0.2, -0.15) is 0 Å². The maximum atomic E-state index is 13.7. The van der Waals surface area contributed by atoms with E-state index in [4.69, 9.17) is 5.73 Å². The second-order valence-electron chi connectivity index (χ2n) is 4.57. The van der Waals surface area contributed by atoms with E-state index in [-0.39, 0.29) is 5.56 Å². The molecule has 3 aromatic rings. The predicted molar refractivity (Wildman–Crippen MR) is 74.1 cm³/mol. The average Bonchev–Trinajstić information content (AvgIpc) is 2.48. The number of pyridine rings is 1. The molecule has 0 spiro atoms. The van der Waals surface area contributed by atoms with Crippen molar-refractivity contribution in [1.29, 1.82) is 0 Å². The summed E-state index contributed by atoms with van der Waals surface area (Å²) < 4.78 is 27.0. The number of fused-ring (bicyclic) bond motifs is 1. The highest BCUT2D eigenvalue weighted by Gasteiger charge is 2.16. The minimum Gasteiger partial charge on any atom is -0.319 e. The van der Waals surface area contributed by atoms with Crippen molar-refractivity contribution in [2.75, 3.05) is 0 Å². The first kappa shape index (κ1) is 12.7. The SMILES string of the molecule is NC(c1ccc2ccccc2n1)c1cc(F)ccc1F. The molecule has 1 atom stereocenters. The zero-order chi connectivity index (χ0) is 14.1. The lowest BCUT2D eigenvalue weighted by molar-refractivity contribution is 0.575. The third kappa shape index (κ3) is 2.26. The zero-order valence-electron chi connectivity index (χ0n) is 10.6. The summed E-state index contributed by atoms with van der Waals surface area (Å²) in [5.41, 5.74) is 7.40. The molecule has 0 aliphatic heterocycles. The Balaban J connectivity index is 2.07. The van der Waals surface area contributed by atoms with Gasteiger partial charge in [0.1, 0.15) is 11.6 Å². The molecular weight excluding hydrogens is 258 g/mol. The van der Waals surface area contributed by atoms with E-state index in [1.54, 1.807) is 6.07 Å². The third-order valence-corrected chi connectivity index (χ3v) is 3.23. The Labute approximate surface area is 114 Å². The van der Waals surface area contributed by atoms with E-state index in [1.165, 1.54) is 0 Å². The molecule has 0 bridgehead atoms. The van der Waals surface area contributed by atoms with Crippen LogP contribution in [0.3, 0.4) is 0 Å². The molecule has 1 heterocycles. The third-order valence-electron chi connectivity index (χ3n) is 3.23. The lowest BCUT2D eigenvalue weighted by Crippen LogP contribution is -2.15. The van der Waals surface area contributed by atoms with Crippen LogP contribution in [0.5, 0.6) is 0 Å². The summed E-state index contributed by atoms with van der Waals surface area (Å²) in [6.45, 7) is 0. The van der Waals surface area contributed by atoms with Crippen LogP contribution in [0, 0.1) is 11.6 Å². The van der Waals surface area contributed by atoms with Gasteiger partial charge < -0.3 is 5.73 Å². The maximum Gasteiger partial charge on any atom is 0.128 e. The second kappa shape index (κ2) is 4.98.